The molecule has 0 bridgehead atoms. The van der Waals surface area contributed by atoms with Gasteiger partial charge in [0.15, 0.2) is 0 Å². The molecular formula is C17H13AlO3+2. The molecule has 21 heavy (non-hydrogen) atoms. The molecule has 0 aromatic heterocycles. The number of carbonyl (C=O) groups excluding carboxylic acids is 1. The molecule has 3 nitrogen and oxygen atoms in total. The fraction of sp³-hybridized carbons (Fsp3) is 0.118. The van der Waals surface area contributed by atoms with Crippen LogP contribution in [0, 0.1) is 12.3 Å². The fourth-order valence-corrected chi connectivity index (χ4v) is 2.12. The molecule has 0 amide bonds. The molecule has 0 saturated heterocycles. The summed E-state index contributed by atoms with van der Waals surface area (Å²) in [6.45, 7) is 0. The molecule has 0 N–H and O–H groups in total. The van der Waals surface area contributed by atoms with Crippen LogP contribution in [0.5, 0.6) is 11.5 Å². The molecule has 100 valence electrons. The van der Waals surface area contributed by atoms with Crippen molar-refractivity contribution in [3.05, 3.63) is 60.2 Å². The van der Waals surface area contributed by atoms with E-state index in [1.165, 1.54) is 0 Å². The van der Waals surface area contributed by atoms with E-state index >= 15 is 0 Å². The zero-order chi connectivity index (χ0) is 15.1. The Labute approximate surface area is 132 Å². The minimum atomic E-state index is -0.494. The van der Waals surface area contributed by atoms with Crippen molar-refractivity contribution in [1.82, 2.24) is 0 Å². The van der Waals surface area contributed by atoms with Gasteiger partial charge in [0.25, 0.3) is 0 Å². The van der Waals surface area contributed by atoms with Gasteiger partial charge in [-0.05, 0) is 0 Å². The van der Waals surface area contributed by atoms with Gasteiger partial charge in [0.1, 0.15) is 0 Å². The first-order valence-corrected chi connectivity index (χ1v) is 6.88. The molecular weight excluding hydrogens is 279 g/mol. The standard InChI is InChI=1S/C17H14O3.Al/c1-2-7-16(17(18)19)13-8-6-11-15(12-13)20-14-9-4-3-5-10-14;/h1,3-6,8-12,16H,7H2,(H,18,19);/q;+3/p-1. The van der Waals surface area contributed by atoms with Crippen LogP contribution in [0.1, 0.15) is 17.9 Å². The van der Waals surface area contributed by atoms with Gasteiger partial charge in [-0.3, -0.25) is 0 Å². The second kappa shape index (κ2) is 7.55. The minimum absolute atomic E-state index is 0.280. The number of carbonyl (C=O) groups is 1. The Hall–Kier alpha value is -2.20. The Morgan fingerprint density at radius 1 is 1.14 bits per heavy atom. The summed E-state index contributed by atoms with van der Waals surface area (Å²) in [5, 5.41) is 0. The summed E-state index contributed by atoms with van der Waals surface area (Å²) < 4.78 is 10.5. The molecule has 1 unspecified atom stereocenters. The van der Waals surface area contributed by atoms with Gasteiger partial charge < -0.3 is 0 Å². The topological polar surface area (TPSA) is 35.5 Å². The third-order valence-electron chi connectivity index (χ3n) is 2.96. The zero-order valence-electron chi connectivity index (χ0n) is 11.4. The van der Waals surface area contributed by atoms with Crippen LogP contribution in [0.3, 0.4) is 0 Å². The fourth-order valence-electron chi connectivity index (χ4n) is 1.96. The van der Waals surface area contributed by atoms with Crippen LogP contribution >= 0.6 is 0 Å². The zero-order valence-corrected chi connectivity index (χ0v) is 12.5. The van der Waals surface area contributed by atoms with E-state index in [0.29, 0.717) is 5.75 Å². The van der Waals surface area contributed by atoms with Crippen LogP contribution in [-0.4, -0.2) is 22.6 Å². The maximum absolute atomic E-state index is 11.8. The van der Waals surface area contributed by atoms with Crippen molar-refractivity contribution < 1.29 is 13.3 Å². The van der Waals surface area contributed by atoms with E-state index in [1.807, 2.05) is 65.2 Å². The van der Waals surface area contributed by atoms with Gasteiger partial charge in [-0.2, -0.15) is 0 Å². The molecule has 0 saturated carbocycles. The number of para-hydroxylation sites is 1. The van der Waals surface area contributed by atoms with Crippen molar-refractivity contribution in [2.45, 2.75) is 12.3 Å². The van der Waals surface area contributed by atoms with Gasteiger partial charge in [-0.15, -0.1) is 0 Å². The number of rotatable bonds is 5. The second-order valence-electron chi connectivity index (χ2n) is 4.39. The third kappa shape index (κ3) is 4.13. The molecule has 2 aromatic carbocycles. The average molecular weight is 292 g/mol. The molecule has 2 rings (SSSR count). The summed E-state index contributed by atoms with van der Waals surface area (Å²) in [5.41, 5.74) is 0.772. The molecule has 0 aliphatic rings. The van der Waals surface area contributed by atoms with E-state index in [-0.39, 0.29) is 12.4 Å². The first kappa shape index (κ1) is 15.2. The van der Waals surface area contributed by atoms with E-state index in [4.69, 9.17) is 14.9 Å². The Morgan fingerprint density at radius 3 is 2.52 bits per heavy atom. The van der Waals surface area contributed by atoms with Crippen LogP contribution in [0.25, 0.3) is 0 Å². The van der Waals surface area contributed by atoms with Crippen molar-refractivity contribution in [3.8, 4) is 23.8 Å². The summed E-state index contributed by atoms with van der Waals surface area (Å²) >= 11 is 1.96. The Bertz CT molecular complexity index is 647. The Kier molecular flexibility index (Phi) is 5.46. The molecule has 0 radical (unpaired) electrons. The molecule has 0 fully saturated rings. The van der Waals surface area contributed by atoms with E-state index in [0.717, 1.165) is 11.3 Å². The van der Waals surface area contributed by atoms with Crippen molar-refractivity contribution in [1.29, 1.82) is 0 Å². The molecule has 0 aliphatic carbocycles. The van der Waals surface area contributed by atoms with Gasteiger partial charge in [0, 0.05) is 0 Å². The van der Waals surface area contributed by atoms with Crippen LogP contribution in [0.4, 0.5) is 0 Å². The monoisotopic (exact) mass is 292 g/mol. The SMILES string of the molecule is C#CCC(C(=O)[O][Al+2])c1cccc(Oc2ccccc2)c1. The molecule has 0 heterocycles. The molecule has 0 aliphatic heterocycles. The van der Waals surface area contributed by atoms with E-state index < -0.39 is 5.92 Å². The van der Waals surface area contributed by atoms with Crippen LogP contribution in [-0.2, 0) is 8.58 Å². The first-order chi connectivity index (χ1) is 10.2. The number of ether oxygens (including phenoxy) is 1. The molecule has 2 aromatic rings. The van der Waals surface area contributed by atoms with Gasteiger partial charge >= 0.3 is 132 Å². The molecule has 0 spiro atoms. The number of hydrogen-bond donors (Lipinski definition) is 0. The quantitative estimate of drug-likeness (QED) is 0.627. The summed E-state index contributed by atoms with van der Waals surface area (Å²) in [5.74, 6) is 3.01. The molecule has 4 heteroatoms. The van der Waals surface area contributed by atoms with Crippen LogP contribution < -0.4 is 4.74 Å². The Balaban J connectivity index is 2.24. The summed E-state index contributed by atoms with van der Waals surface area (Å²) in [6.07, 6.45) is 5.60. The number of hydrogen-bond acceptors (Lipinski definition) is 3. The number of benzene rings is 2. The number of terminal acetylenes is 1. The summed E-state index contributed by atoms with van der Waals surface area (Å²) in [4.78, 5) is 11.8. The Morgan fingerprint density at radius 2 is 1.86 bits per heavy atom. The average Bonchev–Trinajstić information content (AvgIpc) is 2.53. The van der Waals surface area contributed by atoms with Gasteiger partial charge in [-0.25, -0.2) is 0 Å². The normalized spacial score (nSPS) is 11.3. The third-order valence-corrected chi connectivity index (χ3v) is 3.19. The molecule has 1 atom stereocenters. The van der Waals surface area contributed by atoms with Crippen molar-refractivity contribution in [3.63, 3.8) is 0 Å². The summed E-state index contributed by atoms with van der Waals surface area (Å²) in [6, 6.07) is 16.7. The van der Waals surface area contributed by atoms with Gasteiger partial charge in [-0.1, -0.05) is 0 Å². The predicted molar refractivity (Wildman–Crippen MR) is 81.0 cm³/mol. The maximum atomic E-state index is 11.8. The van der Waals surface area contributed by atoms with Crippen LogP contribution in [0.2, 0.25) is 0 Å². The van der Waals surface area contributed by atoms with Crippen molar-refractivity contribution in [2.24, 2.45) is 0 Å². The summed E-state index contributed by atoms with van der Waals surface area (Å²) in [7, 11) is 0. The van der Waals surface area contributed by atoms with Crippen molar-refractivity contribution in [2.75, 3.05) is 0 Å². The van der Waals surface area contributed by atoms with Gasteiger partial charge in [0.2, 0.25) is 0 Å². The first-order valence-electron chi connectivity index (χ1n) is 6.41. The van der Waals surface area contributed by atoms with E-state index in [1.54, 1.807) is 6.07 Å². The predicted octanol–water partition coefficient (Wildman–Crippen LogP) is 3.21. The van der Waals surface area contributed by atoms with Crippen molar-refractivity contribution >= 4 is 22.6 Å². The second-order valence-corrected chi connectivity index (χ2v) is 4.62. The van der Waals surface area contributed by atoms with Gasteiger partial charge in [0.05, 0.1) is 0 Å². The van der Waals surface area contributed by atoms with Crippen LogP contribution in [0.15, 0.2) is 54.6 Å². The van der Waals surface area contributed by atoms with E-state index in [2.05, 4.69) is 5.92 Å². The van der Waals surface area contributed by atoms with E-state index in [9.17, 15) is 4.79 Å².